The number of nitrogens with one attached hydrogen (secondary N) is 1. The van der Waals surface area contributed by atoms with E-state index in [0.717, 1.165) is 5.82 Å². The number of morpholine rings is 1. The van der Waals surface area contributed by atoms with Crippen molar-refractivity contribution in [2.24, 2.45) is 5.41 Å². The molecule has 11 heteroatoms. The molecule has 0 bridgehead atoms. The van der Waals surface area contributed by atoms with Gasteiger partial charge in [-0.2, -0.15) is 0 Å². The van der Waals surface area contributed by atoms with Crippen LogP contribution in [0.2, 0.25) is 0 Å². The van der Waals surface area contributed by atoms with Crippen molar-refractivity contribution in [1.82, 2.24) is 15.2 Å². The lowest BCUT2D eigenvalue weighted by molar-refractivity contribution is -0.127. The summed E-state index contributed by atoms with van der Waals surface area (Å²) in [6, 6.07) is 12.8. The monoisotopic (exact) mass is 572 g/mol. The summed E-state index contributed by atoms with van der Waals surface area (Å²) in [5.74, 6) is 3.16. The molecular weight excluding hydrogens is 546 g/mol. The van der Waals surface area contributed by atoms with Crippen LogP contribution < -0.4 is 15.0 Å². The van der Waals surface area contributed by atoms with E-state index in [-0.39, 0.29) is 42.0 Å². The first-order valence-electron chi connectivity index (χ1n) is 13.4. The Morgan fingerprint density at radius 1 is 1.10 bits per heavy atom. The zero-order valence-corrected chi connectivity index (χ0v) is 22.7. The Bertz CT molecular complexity index is 1680. The number of nitrogens with zero attached hydrogens (tertiary/aromatic N) is 3. The number of imide groups is 1. The summed E-state index contributed by atoms with van der Waals surface area (Å²) in [5.41, 5.74) is -0.250. The number of amides is 3. The molecule has 6 rings (SSSR count). The van der Waals surface area contributed by atoms with Crippen molar-refractivity contribution in [3.05, 3.63) is 76.9 Å². The molecule has 1 atom stereocenters. The quantitative estimate of drug-likeness (QED) is 0.371. The second-order valence-corrected chi connectivity index (χ2v) is 10.3. The Morgan fingerprint density at radius 2 is 1.90 bits per heavy atom. The number of benzene rings is 2. The third-order valence-electron chi connectivity index (χ3n) is 7.65. The van der Waals surface area contributed by atoms with Gasteiger partial charge in [-0.1, -0.05) is 24.0 Å². The number of aromatic nitrogens is 1. The summed E-state index contributed by atoms with van der Waals surface area (Å²) in [6.45, 7) is 2.39. The van der Waals surface area contributed by atoms with Gasteiger partial charge >= 0.3 is 0 Å². The number of carbonyl (C=O) groups is 3. The zero-order chi connectivity index (χ0) is 29.4. The van der Waals surface area contributed by atoms with Gasteiger partial charge in [-0.05, 0) is 42.0 Å². The van der Waals surface area contributed by atoms with Crippen LogP contribution >= 0.6 is 0 Å². The predicted octanol–water partition coefficient (Wildman–Crippen LogP) is 2.91. The fraction of sp³-hybridized carbons (Fsp3) is 0.290. The third-order valence-corrected chi connectivity index (χ3v) is 7.65. The van der Waals surface area contributed by atoms with Gasteiger partial charge in [0.25, 0.3) is 5.91 Å². The molecule has 3 aliphatic heterocycles. The topological polar surface area (TPSA) is 101 Å². The van der Waals surface area contributed by atoms with Crippen LogP contribution in [0.3, 0.4) is 0 Å². The Morgan fingerprint density at radius 3 is 2.62 bits per heavy atom. The van der Waals surface area contributed by atoms with Gasteiger partial charge in [0.05, 0.1) is 38.0 Å². The predicted molar refractivity (Wildman–Crippen MR) is 147 cm³/mol. The Kier molecular flexibility index (Phi) is 7.08. The van der Waals surface area contributed by atoms with E-state index in [0.29, 0.717) is 37.6 Å². The molecule has 2 fully saturated rings. The van der Waals surface area contributed by atoms with Gasteiger partial charge in [0.2, 0.25) is 11.8 Å². The lowest BCUT2D eigenvalue weighted by Crippen LogP contribution is -2.42. The van der Waals surface area contributed by atoms with Gasteiger partial charge in [-0.3, -0.25) is 19.7 Å². The highest BCUT2D eigenvalue weighted by molar-refractivity contribution is 6.08. The summed E-state index contributed by atoms with van der Waals surface area (Å²) in [7, 11) is 1.30. The smallest absolute Gasteiger partial charge is 0.257 e. The number of anilines is 1. The molecule has 4 heterocycles. The van der Waals surface area contributed by atoms with Gasteiger partial charge in [0.15, 0.2) is 11.6 Å². The van der Waals surface area contributed by atoms with E-state index in [1.165, 1.54) is 24.1 Å². The molecular formula is C31H26F2N4O5. The molecule has 2 saturated heterocycles. The molecule has 0 unspecified atom stereocenters. The second-order valence-electron chi connectivity index (χ2n) is 10.3. The number of rotatable bonds is 5. The molecule has 0 spiro atoms. The maximum absolute atomic E-state index is 15.3. The highest BCUT2D eigenvalue weighted by atomic mass is 19.1. The standard InChI is InChI=1S/C31H26F2N4O5/c1-41-24-8-6-20-17-37(29(39)27(20)28(24)33)18-31(16-26(38)35-30(31)40)10-9-19-5-7-21(22(32)15-19)23-3-2-4-25(34-23)36-11-13-42-14-12-36/h2-8,15H,11-14,16-18H2,1H3,(H,35,38,40)/t31-/m1/s1. The van der Waals surface area contributed by atoms with E-state index in [4.69, 9.17) is 9.47 Å². The van der Waals surface area contributed by atoms with Crippen LogP contribution in [0.4, 0.5) is 14.6 Å². The first-order chi connectivity index (χ1) is 20.3. The van der Waals surface area contributed by atoms with Crippen LogP contribution in [-0.4, -0.2) is 67.6 Å². The minimum absolute atomic E-state index is 0.0415. The van der Waals surface area contributed by atoms with Crippen LogP contribution in [0, 0.1) is 28.9 Å². The van der Waals surface area contributed by atoms with E-state index < -0.39 is 34.8 Å². The number of hydrogen-bond donors (Lipinski definition) is 1. The Labute approximate surface area is 240 Å². The first-order valence-corrected chi connectivity index (χ1v) is 13.4. The Balaban J connectivity index is 1.26. The van der Waals surface area contributed by atoms with Crippen molar-refractivity contribution < 1.29 is 32.6 Å². The van der Waals surface area contributed by atoms with Gasteiger partial charge in [-0.15, -0.1) is 0 Å². The van der Waals surface area contributed by atoms with Crippen LogP contribution in [0.5, 0.6) is 5.75 Å². The number of pyridine rings is 1. The maximum atomic E-state index is 15.3. The Hall–Kier alpha value is -4.82. The van der Waals surface area contributed by atoms with E-state index in [1.54, 1.807) is 24.3 Å². The van der Waals surface area contributed by atoms with Gasteiger partial charge in [-0.25, -0.2) is 13.8 Å². The van der Waals surface area contributed by atoms with Gasteiger partial charge in [0, 0.05) is 37.3 Å². The highest BCUT2D eigenvalue weighted by Crippen LogP contribution is 2.35. The van der Waals surface area contributed by atoms with E-state index in [1.807, 2.05) is 12.1 Å². The van der Waals surface area contributed by atoms with Crippen LogP contribution in [0.1, 0.15) is 27.9 Å². The molecule has 0 saturated carbocycles. The van der Waals surface area contributed by atoms with Crippen molar-refractivity contribution in [1.29, 1.82) is 0 Å². The molecule has 42 heavy (non-hydrogen) atoms. The first kappa shape index (κ1) is 27.4. The average Bonchev–Trinajstić information content (AvgIpc) is 3.46. The van der Waals surface area contributed by atoms with Crippen LogP contribution in [-0.2, 0) is 20.9 Å². The molecule has 3 aromatic rings. The fourth-order valence-electron chi connectivity index (χ4n) is 5.45. The van der Waals surface area contributed by atoms with Crippen molar-refractivity contribution in [2.75, 3.05) is 44.9 Å². The van der Waals surface area contributed by atoms with Crippen molar-refractivity contribution in [2.45, 2.75) is 13.0 Å². The molecule has 0 aliphatic carbocycles. The summed E-state index contributed by atoms with van der Waals surface area (Å²) in [4.78, 5) is 46.3. The average molecular weight is 573 g/mol. The summed E-state index contributed by atoms with van der Waals surface area (Å²) < 4.78 is 40.5. The number of carbonyl (C=O) groups excluding carboxylic acids is 3. The number of methoxy groups -OCH3 is 1. The molecule has 3 amide bonds. The van der Waals surface area contributed by atoms with Gasteiger partial charge < -0.3 is 19.3 Å². The molecule has 3 aliphatic rings. The molecule has 0 radical (unpaired) electrons. The maximum Gasteiger partial charge on any atom is 0.257 e. The summed E-state index contributed by atoms with van der Waals surface area (Å²) in [5, 5.41) is 2.25. The lowest BCUT2D eigenvalue weighted by Gasteiger charge is -2.28. The van der Waals surface area contributed by atoms with E-state index in [2.05, 4.69) is 27.0 Å². The van der Waals surface area contributed by atoms with Crippen molar-refractivity contribution in [3.8, 4) is 28.8 Å². The van der Waals surface area contributed by atoms with Gasteiger partial charge in [0.1, 0.15) is 17.1 Å². The van der Waals surface area contributed by atoms with Crippen molar-refractivity contribution >= 4 is 23.5 Å². The number of hydrogen-bond acceptors (Lipinski definition) is 7. The molecule has 1 aromatic heterocycles. The summed E-state index contributed by atoms with van der Waals surface area (Å²) in [6.07, 6.45) is -0.288. The molecule has 1 N–H and O–H groups in total. The lowest BCUT2D eigenvalue weighted by atomic mass is 9.85. The fourth-order valence-corrected chi connectivity index (χ4v) is 5.45. The highest BCUT2D eigenvalue weighted by Gasteiger charge is 2.49. The van der Waals surface area contributed by atoms with E-state index in [9.17, 15) is 18.8 Å². The summed E-state index contributed by atoms with van der Waals surface area (Å²) >= 11 is 0. The second kappa shape index (κ2) is 10.9. The molecule has 214 valence electrons. The normalized spacial score (nSPS) is 19.8. The van der Waals surface area contributed by atoms with Crippen LogP contribution in [0.25, 0.3) is 11.3 Å². The zero-order valence-electron chi connectivity index (χ0n) is 22.7. The van der Waals surface area contributed by atoms with Crippen molar-refractivity contribution in [3.63, 3.8) is 0 Å². The largest absolute Gasteiger partial charge is 0.494 e. The number of ether oxygens (including phenoxy) is 2. The van der Waals surface area contributed by atoms with E-state index >= 15 is 4.39 Å². The third kappa shape index (κ3) is 4.94. The molecule has 2 aromatic carbocycles. The number of fused-ring (bicyclic) bond motifs is 1. The number of halogens is 2. The SMILES string of the molecule is COc1ccc2c(c1F)C(=O)N(C[C@@]1(C#Cc3ccc(-c4cccc(N5CCOCC5)n4)c(F)c3)CC(=O)NC1=O)C2. The minimum atomic E-state index is -1.58. The molecule has 9 nitrogen and oxygen atoms in total. The van der Waals surface area contributed by atoms with Crippen LogP contribution in [0.15, 0.2) is 48.5 Å². The minimum Gasteiger partial charge on any atom is -0.494 e.